The molecule has 2 rings (SSSR count). The van der Waals surface area contributed by atoms with Crippen molar-refractivity contribution in [1.29, 1.82) is 0 Å². The average Bonchev–Trinajstić information content (AvgIpc) is 2.61. The zero-order valence-electron chi connectivity index (χ0n) is 14.9. The third-order valence-electron chi connectivity index (χ3n) is 3.86. The molecule has 0 amide bonds. The second-order valence-corrected chi connectivity index (χ2v) is 5.83. The minimum Gasteiger partial charge on any atom is -0.494 e. The third kappa shape index (κ3) is 6.15. The summed E-state index contributed by atoms with van der Waals surface area (Å²) in [5, 5.41) is 3.45. The number of unbranched alkanes of at least 4 members (excludes halogenated alkanes) is 3. The SMILES string of the molecule is CCCCCCOc1cccc(NCc2ccccc2OCC)c1. The third-order valence-corrected chi connectivity index (χ3v) is 3.86. The molecule has 0 aliphatic carbocycles. The second-order valence-electron chi connectivity index (χ2n) is 5.83. The summed E-state index contributed by atoms with van der Waals surface area (Å²) in [6.45, 7) is 6.43. The molecule has 2 aromatic rings. The topological polar surface area (TPSA) is 30.5 Å². The van der Waals surface area contributed by atoms with Gasteiger partial charge in [0.05, 0.1) is 13.2 Å². The van der Waals surface area contributed by atoms with Crippen molar-refractivity contribution in [2.24, 2.45) is 0 Å². The van der Waals surface area contributed by atoms with Crippen molar-refractivity contribution in [2.75, 3.05) is 18.5 Å². The molecule has 0 heterocycles. The standard InChI is InChI=1S/C21H29NO2/c1-3-5-6-9-15-24-20-13-10-12-19(16-20)22-17-18-11-7-8-14-21(18)23-4-2/h7-8,10-14,16,22H,3-6,9,15,17H2,1-2H3. The van der Waals surface area contributed by atoms with Gasteiger partial charge in [0.2, 0.25) is 0 Å². The first-order valence-electron chi connectivity index (χ1n) is 9.01. The maximum absolute atomic E-state index is 5.84. The molecule has 0 unspecified atom stereocenters. The molecule has 0 fully saturated rings. The van der Waals surface area contributed by atoms with Gasteiger partial charge in [-0.05, 0) is 31.5 Å². The Bertz CT molecular complexity index is 598. The molecule has 1 N–H and O–H groups in total. The predicted molar refractivity (Wildman–Crippen MR) is 101 cm³/mol. The molecule has 0 spiro atoms. The van der Waals surface area contributed by atoms with Gasteiger partial charge in [-0.1, -0.05) is 50.5 Å². The lowest BCUT2D eigenvalue weighted by Gasteiger charge is -2.13. The van der Waals surface area contributed by atoms with Crippen molar-refractivity contribution in [2.45, 2.75) is 46.1 Å². The Hall–Kier alpha value is -2.16. The molecule has 0 aromatic heterocycles. The zero-order valence-corrected chi connectivity index (χ0v) is 14.9. The number of nitrogens with one attached hydrogen (secondary N) is 1. The van der Waals surface area contributed by atoms with Crippen LogP contribution in [0.2, 0.25) is 0 Å². The summed E-state index contributed by atoms with van der Waals surface area (Å²) in [6.07, 6.45) is 4.89. The largest absolute Gasteiger partial charge is 0.494 e. The van der Waals surface area contributed by atoms with Gasteiger partial charge in [-0.25, -0.2) is 0 Å². The molecule has 0 aliphatic rings. The van der Waals surface area contributed by atoms with E-state index in [-0.39, 0.29) is 0 Å². The molecule has 3 nitrogen and oxygen atoms in total. The van der Waals surface area contributed by atoms with Crippen LogP contribution in [0.15, 0.2) is 48.5 Å². The fourth-order valence-corrected chi connectivity index (χ4v) is 2.56. The van der Waals surface area contributed by atoms with Crippen molar-refractivity contribution in [1.82, 2.24) is 0 Å². The van der Waals surface area contributed by atoms with Crippen molar-refractivity contribution < 1.29 is 9.47 Å². The fraction of sp³-hybridized carbons (Fsp3) is 0.429. The van der Waals surface area contributed by atoms with E-state index in [2.05, 4.69) is 30.4 Å². The van der Waals surface area contributed by atoms with Gasteiger partial charge in [0.1, 0.15) is 11.5 Å². The maximum atomic E-state index is 5.84. The van der Waals surface area contributed by atoms with Crippen LogP contribution in [-0.2, 0) is 6.54 Å². The van der Waals surface area contributed by atoms with Gasteiger partial charge in [0, 0.05) is 23.9 Å². The Morgan fingerprint density at radius 1 is 0.875 bits per heavy atom. The van der Waals surface area contributed by atoms with E-state index in [4.69, 9.17) is 9.47 Å². The van der Waals surface area contributed by atoms with E-state index in [0.717, 1.165) is 42.3 Å². The van der Waals surface area contributed by atoms with E-state index in [9.17, 15) is 0 Å². The Morgan fingerprint density at radius 3 is 2.58 bits per heavy atom. The summed E-state index contributed by atoms with van der Waals surface area (Å²) >= 11 is 0. The molecule has 0 saturated heterocycles. The van der Waals surface area contributed by atoms with Gasteiger partial charge >= 0.3 is 0 Å². The molecule has 0 saturated carbocycles. The summed E-state index contributed by atoms with van der Waals surface area (Å²) < 4.78 is 11.5. The summed E-state index contributed by atoms with van der Waals surface area (Å²) in [4.78, 5) is 0. The highest BCUT2D eigenvalue weighted by Crippen LogP contribution is 2.22. The van der Waals surface area contributed by atoms with Gasteiger partial charge in [-0.2, -0.15) is 0 Å². The van der Waals surface area contributed by atoms with Crippen LogP contribution in [0.1, 0.15) is 45.1 Å². The summed E-state index contributed by atoms with van der Waals surface area (Å²) in [5.74, 6) is 1.87. The zero-order chi connectivity index (χ0) is 17.0. The van der Waals surface area contributed by atoms with Crippen LogP contribution < -0.4 is 14.8 Å². The maximum Gasteiger partial charge on any atom is 0.124 e. The van der Waals surface area contributed by atoms with Crippen molar-refractivity contribution in [3.63, 3.8) is 0 Å². The summed E-state index contributed by atoms with van der Waals surface area (Å²) in [5.41, 5.74) is 2.22. The van der Waals surface area contributed by atoms with Crippen molar-refractivity contribution in [3.05, 3.63) is 54.1 Å². The molecule has 130 valence electrons. The Balaban J connectivity index is 1.86. The highest BCUT2D eigenvalue weighted by Gasteiger charge is 2.03. The fourth-order valence-electron chi connectivity index (χ4n) is 2.56. The Kier molecular flexibility index (Phi) is 8.02. The van der Waals surface area contributed by atoms with E-state index in [1.165, 1.54) is 19.3 Å². The number of hydrogen-bond donors (Lipinski definition) is 1. The smallest absolute Gasteiger partial charge is 0.124 e. The lowest BCUT2D eigenvalue weighted by Crippen LogP contribution is -2.03. The number of ether oxygens (including phenoxy) is 2. The van der Waals surface area contributed by atoms with Gasteiger partial charge in [0.25, 0.3) is 0 Å². The van der Waals surface area contributed by atoms with Crippen LogP contribution in [-0.4, -0.2) is 13.2 Å². The van der Waals surface area contributed by atoms with Gasteiger partial charge < -0.3 is 14.8 Å². The predicted octanol–water partition coefficient (Wildman–Crippen LogP) is 5.66. The van der Waals surface area contributed by atoms with Crippen molar-refractivity contribution >= 4 is 5.69 Å². The minimum atomic E-state index is 0.679. The summed E-state index contributed by atoms with van der Waals surface area (Å²) in [7, 11) is 0. The lowest BCUT2D eigenvalue weighted by atomic mass is 10.2. The molecule has 0 bridgehead atoms. The van der Waals surface area contributed by atoms with Crippen LogP contribution in [0.4, 0.5) is 5.69 Å². The number of benzene rings is 2. The van der Waals surface area contributed by atoms with E-state index in [1.807, 2.05) is 37.3 Å². The molecule has 2 aromatic carbocycles. The summed E-state index contributed by atoms with van der Waals surface area (Å²) in [6, 6.07) is 16.3. The quantitative estimate of drug-likeness (QED) is 0.540. The molecule has 0 radical (unpaired) electrons. The van der Waals surface area contributed by atoms with Gasteiger partial charge in [0.15, 0.2) is 0 Å². The monoisotopic (exact) mass is 327 g/mol. The molecular formula is C21H29NO2. The van der Waals surface area contributed by atoms with Crippen molar-refractivity contribution in [3.8, 4) is 11.5 Å². The van der Waals surface area contributed by atoms with E-state index >= 15 is 0 Å². The van der Waals surface area contributed by atoms with E-state index < -0.39 is 0 Å². The van der Waals surface area contributed by atoms with E-state index in [0.29, 0.717) is 6.61 Å². The number of rotatable bonds is 11. The van der Waals surface area contributed by atoms with Gasteiger partial charge in [-0.15, -0.1) is 0 Å². The van der Waals surface area contributed by atoms with Crippen LogP contribution >= 0.6 is 0 Å². The van der Waals surface area contributed by atoms with Crippen LogP contribution in [0, 0.1) is 0 Å². The first kappa shape index (κ1) is 18.2. The minimum absolute atomic E-state index is 0.679. The highest BCUT2D eigenvalue weighted by atomic mass is 16.5. The molecule has 0 aliphatic heterocycles. The second kappa shape index (κ2) is 10.6. The molecule has 0 atom stereocenters. The molecular weight excluding hydrogens is 298 g/mol. The highest BCUT2D eigenvalue weighted by molar-refractivity contribution is 5.49. The molecule has 3 heteroatoms. The number of para-hydroxylation sites is 1. The first-order chi connectivity index (χ1) is 11.8. The molecule has 24 heavy (non-hydrogen) atoms. The first-order valence-corrected chi connectivity index (χ1v) is 9.01. The number of anilines is 1. The van der Waals surface area contributed by atoms with Gasteiger partial charge in [-0.3, -0.25) is 0 Å². The lowest BCUT2D eigenvalue weighted by molar-refractivity contribution is 0.305. The van der Waals surface area contributed by atoms with Crippen LogP contribution in [0.3, 0.4) is 0 Å². The Morgan fingerprint density at radius 2 is 1.75 bits per heavy atom. The normalized spacial score (nSPS) is 10.4. The number of hydrogen-bond acceptors (Lipinski definition) is 3. The average molecular weight is 327 g/mol. The van der Waals surface area contributed by atoms with Crippen LogP contribution in [0.25, 0.3) is 0 Å². The van der Waals surface area contributed by atoms with E-state index in [1.54, 1.807) is 0 Å². The van der Waals surface area contributed by atoms with Crippen LogP contribution in [0.5, 0.6) is 11.5 Å². The Labute approximate surface area is 146 Å².